The normalized spacial score (nSPS) is 12.0. The molecule has 2 aromatic heterocycles. The van der Waals surface area contributed by atoms with Crippen LogP contribution in [-0.4, -0.2) is 16.0 Å². The molecule has 25 heavy (non-hydrogen) atoms. The molecule has 0 aliphatic heterocycles. The lowest BCUT2D eigenvalue weighted by molar-refractivity contribution is -0.0498. The molecule has 0 spiro atoms. The van der Waals surface area contributed by atoms with E-state index in [-0.39, 0.29) is 16.3 Å². The Kier molecular flexibility index (Phi) is 4.81. The van der Waals surface area contributed by atoms with E-state index in [0.717, 1.165) is 5.56 Å². The Morgan fingerprint density at radius 1 is 1.24 bits per heavy atom. The highest BCUT2D eigenvalue weighted by Gasteiger charge is 2.07. The van der Waals surface area contributed by atoms with Crippen molar-refractivity contribution in [3.63, 3.8) is 0 Å². The fourth-order valence-corrected chi connectivity index (χ4v) is 2.52. The van der Waals surface area contributed by atoms with Crippen molar-refractivity contribution in [2.75, 3.05) is 0 Å². The van der Waals surface area contributed by atoms with Crippen LogP contribution >= 0.6 is 11.6 Å². The van der Waals surface area contributed by atoms with Crippen LogP contribution in [0.15, 0.2) is 53.5 Å². The van der Waals surface area contributed by atoms with Gasteiger partial charge in [-0.3, -0.25) is 9.20 Å². The van der Waals surface area contributed by atoms with Crippen LogP contribution in [0, 0.1) is 6.92 Å². The molecule has 7 heteroatoms. The van der Waals surface area contributed by atoms with Gasteiger partial charge in [-0.2, -0.15) is 8.78 Å². The highest BCUT2D eigenvalue weighted by molar-refractivity contribution is 6.51. The van der Waals surface area contributed by atoms with E-state index in [2.05, 4.69) is 9.72 Å². The SMILES string of the molecule is Cc1ccc2nc(/C(Cl)=C/c3ccc(OC(F)F)cc3)cc(=O)n2c1. The molecule has 128 valence electrons. The van der Waals surface area contributed by atoms with Gasteiger partial charge >= 0.3 is 6.61 Å². The van der Waals surface area contributed by atoms with E-state index in [1.807, 2.05) is 13.0 Å². The summed E-state index contributed by atoms with van der Waals surface area (Å²) in [6.07, 6.45) is 3.30. The second-order valence-electron chi connectivity index (χ2n) is 5.35. The van der Waals surface area contributed by atoms with Crippen LogP contribution in [0.5, 0.6) is 5.75 Å². The van der Waals surface area contributed by atoms with Crippen LogP contribution in [0.1, 0.15) is 16.8 Å². The first-order valence-corrected chi connectivity index (χ1v) is 7.73. The molecule has 0 unspecified atom stereocenters. The van der Waals surface area contributed by atoms with Crippen molar-refractivity contribution < 1.29 is 13.5 Å². The summed E-state index contributed by atoms with van der Waals surface area (Å²) < 4.78 is 30.0. The third-order valence-electron chi connectivity index (χ3n) is 3.45. The van der Waals surface area contributed by atoms with Gasteiger partial charge in [0, 0.05) is 12.3 Å². The second kappa shape index (κ2) is 7.03. The maximum Gasteiger partial charge on any atom is 0.387 e. The zero-order chi connectivity index (χ0) is 18.0. The quantitative estimate of drug-likeness (QED) is 0.693. The summed E-state index contributed by atoms with van der Waals surface area (Å²) in [5, 5.41) is 0.266. The highest BCUT2D eigenvalue weighted by Crippen LogP contribution is 2.22. The van der Waals surface area contributed by atoms with Crippen LogP contribution in [-0.2, 0) is 0 Å². The van der Waals surface area contributed by atoms with E-state index < -0.39 is 6.61 Å². The van der Waals surface area contributed by atoms with Crippen molar-refractivity contribution in [2.45, 2.75) is 13.5 Å². The Morgan fingerprint density at radius 3 is 2.64 bits per heavy atom. The number of benzene rings is 1. The maximum absolute atomic E-state index is 12.2. The first-order chi connectivity index (χ1) is 11.9. The van der Waals surface area contributed by atoms with Crippen molar-refractivity contribution in [1.29, 1.82) is 0 Å². The molecule has 0 saturated heterocycles. The maximum atomic E-state index is 12.2. The standard InChI is InChI=1S/C18H13ClF2N2O2/c1-11-2-7-16-22-15(9-17(24)23(16)10-11)14(19)8-12-3-5-13(6-4-12)25-18(20)21/h2-10,18H,1H3/b14-8-. The predicted octanol–water partition coefficient (Wildman–Crippen LogP) is 4.34. The van der Waals surface area contributed by atoms with E-state index in [9.17, 15) is 13.6 Å². The van der Waals surface area contributed by atoms with Crippen LogP contribution in [0.25, 0.3) is 16.8 Å². The number of aromatic nitrogens is 2. The fraction of sp³-hybridized carbons (Fsp3) is 0.111. The molecule has 0 amide bonds. The molecule has 0 saturated carbocycles. The molecule has 0 aliphatic rings. The molecule has 3 rings (SSSR count). The van der Waals surface area contributed by atoms with Crippen molar-refractivity contribution in [2.24, 2.45) is 0 Å². The predicted molar refractivity (Wildman–Crippen MR) is 93.0 cm³/mol. The summed E-state index contributed by atoms with van der Waals surface area (Å²) in [7, 11) is 0. The van der Waals surface area contributed by atoms with Crippen LogP contribution < -0.4 is 10.3 Å². The van der Waals surface area contributed by atoms with Gasteiger partial charge in [0.05, 0.1) is 10.7 Å². The summed E-state index contributed by atoms with van der Waals surface area (Å²) in [6.45, 7) is -0.989. The number of hydrogen-bond acceptors (Lipinski definition) is 3. The minimum Gasteiger partial charge on any atom is -0.435 e. The molecular weight excluding hydrogens is 350 g/mol. The van der Waals surface area contributed by atoms with Gasteiger partial charge in [0.1, 0.15) is 11.4 Å². The average Bonchev–Trinajstić information content (AvgIpc) is 2.56. The number of rotatable bonds is 4. The molecule has 3 aromatic rings. The summed E-state index contributed by atoms with van der Waals surface area (Å²) in [6, 6.07) is 10.9. The van der Waals surface area contributed by atoms with Gasteiger partial charge in [-0.15, -0.1) is 0 Å². The van der Waals surface area contributed by atoms with Crippen LogP contribution in [0.2, 0.25) is 0 Å². The van der Waals surface area contributed by atoms with E-state index in [4.69, 9.17) is 11.6 Å². The summed E-state index contributed by atoms with van der Waals surface area (Å²) >= 11 is 6.27. The van der Waals surface area contributed by atoms with E-state index in [0.29, 0.717) is 16.9 Å². The van der Waals surface area contributed by atoms with Gasteiger partial charge < -0.3 is 4.74 Å². The third kappa shape index (κ3) is 4.03. The Morgan fingerprint density at radius 2 is 1.96 bits per heavy atom. The molecule has 2 heterocycles. The first kappa shape index (κ1) is 17.1. The van der Waals surface area contributed by atoms with E-state index in [1.165, 1.54) is 22.6 Å². The number of ether oxygens (including phenoxy) is 1. The topological polar surface area (TPSA) is 43.6 Å². The van der Waals surface area contributed by atoms with Crippen molar-refractivity contribution in [3.8, 4) is 5.75 Å². The molecule has 4 nitrogen and oxygen atoms in total. The number of hydrogen-bond donors (Lipinski definition) is 0. The van der Waals surface area contributed by atoms with Gasteiger partial charge in [-0.25, -0.2) is 4.98 Å². The van der Waals surface area contributed by atoms with Gasteiger partial charge in [-0.1, -0.05) is 29.8 Å². The highest BCUT2D eigenvalue weighted by atomic mass is 35.5. The largest absolute Gasteiger partial charge is 0.435 e. The Hall–Kier alpha value is -2.73. The molecule has 0 bridgehead atoms. The number of alkyl halides is 2. The van der Waals surface area contributed by atoms with Gasteiger partial charge in [0.2, 0.25) is 0 Å². The van der Waals surface area contributed by atoms with Crippen LogP contribution in [0.4, 0.5) is 8.78 Å². The van der Waals surface area contributed by atoms with Gasteiger partial charge in [0.15, 0.2) is 0 Å². The number of fused-ring (bicyclic) bond motifs is 1. The molecule has 0 atom stereocenters. The molecule has 0 aliphatic carbocycles. The average molecular weight is 363 g/mol. The summed E-state index contributed by atoms with van der Waals surface area (Å²) in [5.74, 6) is 0.0562. The zero-order valence-electron chi connectivity index (χ0n) is 13.1. The van der Waals surface area contributed by atoms with Crippen molar-refractivity contribution >= 4 is 28.4 Å². The summed E-state index contributed by atoms with van der Waals surface area (Å²) in [5.41, 5.74) is 2.19. The monoisotopic (exact) mass is 362 g/mol. The lowest BCUT2D eigenvalue weighted by Gasteiger charge is -2.05. The van der Waals surface area contributed by atoms with E-state index in [1.54, 1.807) is 30.5 Å². The number of nitrogens with zero attached hydrogens (tertiary/aromatic N) is 2. The van der Waals surface area contributed by atoms with Crippen molar-refractivity contribution in [3.05, 3.63) is 75.8 Å². The molecular formula is C18H13ClF2N2O2. The number of halogens is 3. The number of pyridine rings is 1. The number of aryl methyl sites for hydroxylation is 1. The van der Waals surface area contributed by atoms with Gasteiger partial charge in [0.25, 0.3) is 5.56 Å². The molecule has 0 radical (unpaired) electrons. The second-order valence-corrected chi connectivity index (χ2v) is 5.76. The zero-order valence-corrected chi connectivity index (χ0v) is 13.9. The molecule has 1 aromatic carbocycles. The molecule has 0 fully saturated rings. The van der Waals surface area contributed by atoms with E-state index >= 15 is 0 Å². The summed E-state index contributed by atoms with van der Waals surface area (Å²) in [4.78, 5) is 16.6. The van der Waals surface area contributed by atoms with Crippen LogP contribution in [0.3, 0.4) is 0 Å². The lowest BCUT2D eigenvalue weighted by Crippen LogP contribution is -2.15. The minimum absolute atomic E-state index is 0.0562. The van der Waals surface area contributed by atoms with Crippen molar-refractivity contribution in [1.82, 2.24) is 9.38 Å². The fourth-order valence-electron chi connectivity index (χ4n) is 2.30. The molecule has 0 N–H and O–H groups in total. The Labute approximate surface area is 147 Å². The minimum atomic E-state index is -2.87. The lowest BCUT2D eigenvalue weighted by atomic mass is 10.2. The third-order valence-corrected chi connectivity index (χ3v) is 3.75. The van der Waals surface area contributed by atoms with Gasteiger partial charge in [-0.05, 0) is 42.3 Å². The first-order valence-electron chi connectivity index (χ1n) is 7.35. The smallest absolute Gasteiger partial charge is 0.387 e. The Balaban J connectivity index is 1.93. The Bertz CT molecular complexity index is 998.